The number of esters is 1. The zero-order valence-corrected chi connectivity index (χ0v) is 9.47. The van der Waals surface area contributed by atoms with Gasteiger partial charge in [0.1, 0.15) is 17.7 Å². The van der Waals surface area contributed by atoms with Gasteiger partial charge in [-0.3, -0.25) is 0 Å². The Morgan fingerprint density at radius 2 is 2.18 bits per heavy atom. The highest BCUT2D eigenvalue weighted by atomic mass is 35.5. The predicted octanol–water partition coefficient (Wildman–Crippen LogP) is 2.56. The van der Waals surface area contributed by atoms with Gasteiger partial charge in [-0.15, -0.1) is 0 Å². The third-order valence-electron chi connectivity index (χ3n) is 2.39. The second-order valence-electron chi connectivity index (χ2n) is 3.64. The molecule has 1 saturated heterocycles. The molecule has 17 heavy (non-hydrogen) atoms. The molecular weight excluding hydrogens is 254 g/mol. The zero-order valence-electron chi connectivity index (χ0n) is 8.71. The maximum atomic E-state index is 13.4. The lowest BCUT2D eigenvalue weighted by Gasteiger charge is -2.10. The van der Waals surface area contributed by atoms with Gasteiger partial charge >= 0.3 is 5.97 Å². The lowest BCUT2D eigenvalue weighted by molar-refractivity contribution is 0.0265. The standard InChI is InChI=1S/C11H9ClF2O3/c12-8-4-9(13)7(3-10(8)14)11(15)17-6-1-2-16-5-6/h3-4,6H,1-2,5H2/t6-/m0/s1. The molecule has 0 aromatic heterocycles. The summed E-state index contributed by atoms with van der Waals surface area (Å²) in [6.07, 6.45) is 0.157. The van der Waals surface area contributed by atoms with Gasteiger partial charge in [-0.05, 0) is 12.1 Å². The summed E-state index contributed by atoms with van der Waals surface area (Å²) >= 11 is 5.37. The summed E-state index contributed by atoms with van der Waals surface area (Å²) in [4.78, 5) is 11.6. The van der Waals surface area contributed by atoms with Crippen LogP contribution in [0.3, 0.4) is 0 Å². The van der Waals surface area contributed by atoms with E-state index in [1.54, 1.807) is 0 Å². The third kappa shape index (κ3) is 2.73. The van der Waals surface area contributed by atoms with E-state index in [0.29, 0.717) is 13.0 Å². The first-order valence-electron chi connectivity index (χ1n) is 5.01. The van der Waals surface area contributed by atoms with Gasteiger partial charge in [-0.2, -0.15) is 0 Å². The van der Waals surface area contributed by atoms with Gasteiger partial charge in [0, 0.05) is 6.42 Å². The van der Waals surface area contributed by atoms with E-state index in [0.717, 1.165) is 12.1 Å². The third-order valence-corrected chi connectivity index (χ3v) is 2.68. The normalized spacial score (nSPS) is 19.4. The fourth-order valence-electron chi connectivity index (χ4n) is 1.50. The molecule has 2 rings (SSSR count). The molecule has 1 aromatic carbocycles. The lowest BCUT2D eigenvalue weighted by atomic mass is 10.2. The maximum Gasteiger partial charge on any atom is 0.341 e. The summed E-state index contributed by atoms with van der Waals surface area (Å²) in [5.74, 6) is -2.67. The quantitative estimate of drug-likeness (QED) is 0.607. The topological polar surface area (TPSA) is 35.5 Å². The molecule has 1 aliphatic rings. The molecule has 92 valence electrons. The number of carbonyl (C=O) groups excluding carboxylic acids is 1. The highest BCUT2D eigenvalue weighted by Gasteiger charge is 2.23. The van der Waals surface area contributed by atoms with Crippen LogP contribution in [0.5, 0.6) is 0 Å². The summed E-state index contributed by atoms with van der Waals surface area (Å²) in [6.45, 7) is 0.777. The monoisotopic (exact) mass is 262 g/mol. The Morgan fingerprint density at radius 3 is 2.82 bits per heavy atom. The smallest absolute Gasteiger partial charge is 0.341 e. The molecule has 0 amide bonds. The van der Waals surface area contributed by atoms with Crippen molar-refractivity contribution in [1.82, 2.24) is 0 Å². The van der Waals surface area contributed by atoms with Crippen LogP contribution in [0.4, 0.5) is 8.78 Å². The van der Waals surface area contributed by atoms with Crippen molar-refractivity contribution >= 4 is 17.6 Å². The summed E-state index contributed by atoms with van der Waals surface area (Å²) in [5.41, 5.74) is -0.459. The Labute approximate surface area is 101 Å². The summed E-state index contributed by atoms with van der Waals surface area (Å²) in [7, 11) is 0. The minimum absolute atomic E-state index is 0.281. The molecule has 6 heteroatoms. The Balaban J connectivity index is 2.15. The average Bonchev–Trinajstić information content (AvgIpc) is 2.76. The number of carbonyl (C=O) groups is 1. The molecule has 0 radical (unpaired) electrons. The molecule has 1 aromatic rings. The molecule has 0 spiro atoms. The second-order valence-corrected chi connectivity index (χ2v) is 4.04. The molecular formula is C11H9ClF2O3. The van der Waals surface area contributed by atoms with Crippen LogP contribution in [0.1, 0.15) is 16.8 Å². The highest BCUT2D eigenvalue weighted by molar-refractivity contribution is 6.30. The van der Waals surface area contributed by atoms with Crippen LogP contribution in [0, 0.1) is 11.6 Å². The minimum atomic E-state index is -0.909. The SMILES string of the molecule is O=C(O[C@H]1CCOC1)c1cc(F)c(Cl)cc1F. The van der Waals surface area contributed by atoms with Crippen LogP contribution >= 0.6 is 11.6 Å². The van der Waals surface area contributed by atoms with Crippen molar-refractivity contribution in [2.45, 2.75) is 12.5 Å². The molecule has 0 N–H and O–H groups in total. The van der Waals surface area contributed by atoms with Crippen molar-refractivity contribution in [1.29, 1.82) is 0 Å². The first-order valence-corrected chi connectivity index (χ1v) is 5.39. The van der Waals surface area contributed by atoms with Crippen LogP contribution in [0.2, 0.25) is 5.02 Å². The fraction of sp³-hybridized carbons (Fsp3) is 0.364. The zero-order chi connectivity index (χ0) is 12.4. The molecule has 1 atom stereocenters. The van der Waals surface area contributed by atoms with Crippen LogP contribution < -0.4 is 0 Å². The summed E-state index contributed by atoms with van der Waals surface area (Å²) in [6, 6.07) is 1.48. The van der Waals surface area contributed by atoms with Gasteiger partial charge in [0.2, 0.25) is 0 Å². The first kappa shape index (κ1) is 12.3. The van der Waals surface area contributed by atoms with Crippen molar-refractivity contribution in [3.8, 4) is 0 Å². The van der Waals surface area contributed by atoms with Crippen molar-refractivity contribution < 1.29 is 23.0 Å². The van der Waals surface area contributed by atoms with Gasteiger partial charge in [0.05, 0.1) is 23.8 Å². The van der Waals surface area contributed by atoms with Gasteiger partial charge in [0.25, 0.3) is 0 Å². The number of hydrogen-bond donors (Lipinski definition) is 0. The van der Waals surface area contributed by atoms with E-state index in [1.807, 2.05) is 0 Å². The Hall–Kier alpha value is -1.20. The molecule has 1 heterocycles. The minimum Gasteiger partial charge on any atom is -0.456 e. The van der Waals surface area contributed by atoms with E-state index in [1.165, 1.54) is 0 Å². The Kier molecular flexibility index (Phi) is 3.59. The van der Waals surface area contributed by atoms with E-state index in [-0.39, 0.29) is 11.6 Å². The van der Waals surface area contributed by atoms with Crippen LogP contribution in [0.25, 0.3) is 0 Å². The largest absolute Gasteiger partial charge is 0.456 e. The second kappa shape index (κ2) is 4.98. The van der Waals surface area contributed by atoms with Gasteiger partial charge in [-0.1, -0.05) is 11.6 Å². The molecule has 0 bridgehead atoms. The van der Waals surface area contributed by atoms with E-state index < -0.39 is 29.3 Å². The van der Waals surface area contributed by atoms with E-state index in [4.69, 9.17) is 21.1 Å². The van der Waals surface area contributed by atoms with Gasteiger partial charge in [0.15, 0.2) is 0 Å². The highest BCUT2D eigenvalue weighted by Crippen LogP contribution is 2.21. The summed E-state index contributed by atoms with van der Waals surface area (Å²) < 4.78 is 36.4. The van der Waals surface area contributed by atoms with Crippen LogP contribution in [-0.2, 0) is 9.47 Å². The number of halogens is 3. The predicted molar refractivity (Wildman–Crippen MR) is 56.0 cm³/mol. The fourth-order valence-corrected chi connectivity index (χ4v) is 1.65. The molecule has 1 fully saturated rings. The van der Waals surface area contributed by atoms with Gasteiger partial charge in [-0.25, -0.2) is 13.6 Å². The Morgan fingerprint density at radius 1 is 1.41 bits per heavy atom. The number of ether oxygens (including phenoxy) is 2. The van der Waals surface area contributed by atoms with E-state index in [2.05, 4.69) is 0 Å². The van der Waals surface area contributed by atoms with Crippen molar-refractivity contribution in [3.63, 3.8) is 0 Å². The van der Waals surface area contributed by atoms with Crippen molar-refractivity contribution in [2.24, 2.45) is 0 Å². The summed E-state index contributed by atoms with van der Waals surface area (Å²) in [5, 5.41) is -0.372. The molecule has 0 aliphatic carbocycles. The van der Waals surface area contributed by atoms with Crippen molar-refractivity contribution in [3.05, 3.63) is 34.4 Å². The van der Waals surface area contributed by atoms with Crippen LogP contribution in [-0.4, -0.2) is 25.3 Å². The molecule has 0 saturated carbocycles. The first-order chi connectivity index (χ1) is 8.08. The Bertz CT molecular complexity index is 445. The van der Waals surface area contributed by atoms with Crippen LogP contribution in [0.15, 0.2) is 12.1 Å². The molecule has 1 aliphatic heterocycles. The van der Waals surface area contributed by atoms with Crippen molar-refractivity contribution in [2.75, 3.05) is 13.2 Å². The molecule has 0 unspecified atom stereocenters. The number of hydrogen-bond acceptors (Lipinski definition) is 3. The van der Waals surface area contributed by atoms with E-state index >= 15 is 0 Å². The molecule has 3 nitrogen and oxygen atoms in total. The number of benzene rings is 1. The average molecular weight is 263 g/mol. The number of rotatable bonds is 2. The van der Waals surface area contributed by atoms with Gasteiger partial charge < -0.3 is 9.47 Å². The maximum absolute atomic E-state index is 13.4. The van der Waals surface area contributed by atoms with E-state index in [9.17, 15) is 13.6 Å². The lowest BCUT2D eigenvalue weighted by Crippen LogP contribution is -2.19.